The lowest BCUT2D eigenvalue weighted by Crippen LogP contribution is -2.19. The third-order valence-electron chi connectivity index (χ3n) is 1.93. The van der Waals surface area contributed by atoms with Crippen molar-refractivity contribution >= 4 is 18.3 Å². The molecule has 1 rings (SSSR count). The SMILES string of the molecule is CC(=O)NCC=Cc1ccc(C=O)cc1F. The number of carbonyl (C=O) groups excluding carboxylic acids is 2. The van der Waals surface area contributed by atoms with Gasteiger partial charge in [-0.05, 0) is 6.07 Å². The third-order valence-corrected chi connectivity index (χ3v) is 1.93. The van der Waals surface area contributed by atoms with Gasteiger partial charge in [0.1, 0.15) is 12.1 Å². The molecule has 0 heterocycles. The fourth-order valence-corrected chi connectivity index (χ4v) is 1.14. The maximum Gasteiger partial charge on any atom is 0.217 e. The average Bonchev–Trinajstić information content (AvgIpc) is 2.25. The van der Waals surface area contributed by atoms with E-state index < -0.39 is 5.82 Å². The number of halogens is 1. The number of rotatable bonds is 4. The van der Waals surface area contributed by atoms with E-state index in [1.165, 1.54) is 25.1 Å². The van der Waals surface area contributed by atoms with Gasteiger partial charge in [0.2, 0.25) is 5.91 Å². The standard InChI is InChI=1S/C12H12FNO2/c1-9(16)14-6-2-3-11-5-4-10(8-15)7-12(11)13/h2-5,7-8H,6H2,1H3,(H,14,16). The van der Waals surface area contributed by atoms with Crippen LogP contribution in [0.3, 0.4) is 0 Å². The fraction of sp³-hybridized carbons (Fsp3) is 0.167. The number of carbonyl (C=O) groups is 2. The summed E-state index contributed by atoms with van der Waals surface area (Å²) < 4.78 is 13.3. The second-order valence-electron chi connectivity index (χ2n) is 3.24. The molecule has 3 nitrogen and oxygen atoms in total. The van der Waals surface area contributed by atoms with Crippen LogP contribution >= 0.6 is 0 Å². The van der Waals surface area contributed by atoms with E-state index in [9.17, 15) is 14.0 Å². The van der Waals surface area contributed by atoms with Crippen molar-refractivity contribution in [2.45, 2.75) is 6.92 Å². The topological polar surface area (TPSA) is 46.2 Å². The molecule has 0 saturated heterocycles. The summed E-state index contributed by atoms with van der Waals surface area (Å²) in [5, 5.41) is 2.55. The average molecular weight is 221 g/mol. The smallest absolute Gasteiger partial charge is 0.217 e. The van der Waals surface area contributed by atoms with Crippen molar-refractivity contribution < 1.29 is 14.0 Å². The Morgan fingerprint density at radius 2 is 2.25 bits per heavy atom. The van der Waals surface area contributed by atoms with E-state index in [4.69, 9.17) is 0 Å². The minimum atomic E-state index is -0.455. The molecule has 0 aliphatic heterocycles. The lowest BCUT2D eigenvalue weighted by atomic mass is 10.1. The number of amides is 1. The van der Waals surface area contributed by atoms with Crippen molar-refractivity contribution in [3.63, 3.8) is 0 Å². The molecule has 0 spiro atoms. The van der Waals surface area contributed by atoms with Crippen LogP contribution in [0.5, 0.6) is 0 Å². The molecule has 0 bridgehead atoms. The maximum atomic E-state index is 13.3. The zero-order valence-electron chi connectivity index (χ0n) is 8.87. The zero-order chi connectivity index (χ0) is 12.0. The Labute approximate surface area is 93.0 Å². The van der Waals surface area contributed by atoms with Crippen molar-refractivity contribution in [1.82, 2.24) is 5.32 Å². The van der Waals surface area contributed by atoms with Gasteiger partial charge in [0.05, 0.1) is 0 Å². The molecular formula is C12H12FNO2. The highest BCUT2D eigenvalue weighted by atomic mass is 19.1. The molecule has 0 atom stereocenters. The lowest BCUT2D eigenvalue weighted by Gasteiger charge is -1.98. The first-order valence-electron chi connectivity index (χ1n) is 4.79. The number of nitrogens with one attached hydrogen (secondary N) is 1. The molecule has 1 aromatic rings. The second-order valence-corrected chi connectivity index (χ2v) is 3.24. The molecule has 84 valence electrons. The molecule has 16 heavy (non-hydrogen) atoms. The predicted octanol–water partition coefficient (Wildman–Crippen LogP) is 1.79. The Kier molecular flexibility index (Phi) is 4.39. The van der Waals surface area contributed by atoms with Crippen molar-refractivity contribution in [3.8, 4) is 0 Å². The van der Waals surface area contributed by atoms with Gasteiger partial charge in [-0.15, -0.1) is 0 Å². The van der Waals surface area contributed by atoms with Gasteiger partial charge >= 0.3 is 0 Å². The van der Waals surface area contributed by atoms with Gasteiger partial charge in [0.25, 0.3) is 0 Å². The minimum Gasteiger partial charge on any atom is -0.353 e. The fourth-order valence-electron chi connectivity index (χ4n) is 1.14. The lowest BCUT2D eigenvalue weighted by molar-refractivity contribution is -0.118. The van der Waals surface area contributed by atoms with Gasteiger partial charge in [0, 0.05) is 24.6 Å². The Hall–Kier alpha value is -1.97. The summed E-state index contributed by atoms with van der Waals surface area (Å²) in [6.07, 6.45) is 3.79. The molecular weight excluding hydrogens is 209 g/mol. The molecule has 1 N–H and O–H groups in total. The molecule has 4 heteroatoms. The summed E-state index contributed by atoms with van der Waals surface area (Å²) in [5.41, 5.74) is 0.687. The van der Waals surface area contributed by atoms with Crippen molar-refractivity contribution in [2.75, 3.05) is 6.54 Å². The van der Waals surface area contributed by atoms with E-state index in [2.05, 4.69) is 5.32 Å². The van der Waals surface area contributed by atoms with E-state index in [1.807, 2.05) is 0 Å². The molecule has 0 fully saturated rings. The molecule has 0 aliphatic rings. The number of hydrogen-bond donors (Lipinski definition) is 1. The largest absolute Gasteiger partial charge is 0.353 e. The normalized spacial score (nSPS) is 10.4. The van der Waals surface area contributed by atoms with Crippen LogP contribution in [0, 0.1) is 5.82 Å². The van der Waals surface area contributed by atoms with Gasteiger partial charge in [0.15, 0.2) is 0 Å². The maximum absolute atomic E-state index is 13.3. The summed E-state index contributed by atoms with van der Waals surface area (Å²) >= 11 is 0. The molecule has 0 radical (unpaired) electrons. The van der Waals surface area contributed by atoms with Gasteiger partial charge in [-0.1, -0.05) is 24.3 Å². The summed E-state index contributed by atoms with van der Waals surface area (Å²) in [6.45, 7) is 1.76. The third kappa shape index (κ3) is 3.65. The van der Waals surface area contributed by atoms with Crippen LogP contribution in [0.4, 0.5) is 4.39 Å². The van der Waals surface area contributed by atoms with E-state index in [0.29, 0.717) is 24.0 Å². The summed E-state index contributed by atoms with van der Waals surface area (Å²) in [4.78, 5) is 20.9. The van der Waals surface area contributed by atoms with Crippen LogP contribution in [0.2, 0.25) is 0 Å². The quantitative estimate of drug-likeness (QED) is 0.788. The first-order chi connectivity index (χ1) is 7.63. The first-order valence-corrected chi connectivity index (χ1v) is 4.79. The van der Waals surface area contributed by atoms with Gasteiger partial charge < -0.3 is 5.32 Å². The molecule has 1 amide bonds. The summed E-state index contributed by atoms with van der Waals surface area (Å²) in [6, 6.07) is 4.22. The summed E-state index contributed by atoms with van der Waals surface area (Å²) in [7, 11) is 0. The Morgan fingerprint density at radius 1 is 1.50 bits per heavy atom. The van der Waals surface area contributed by atoms with Gasteiger partial charge in [-0.2, -0.15) is 0 Å². The Balaban J connectivity index is 2.66. The van der Waals surface area contributed by atoms with Crippen LogP contribution in [0.15, 0.2) is 24.3 Å². The van der Waals surface area contributed by atoms with E-state index >= 15 is 0 Å². The highest BCUT2D eigenvalue weighted by molar-refractivity contribution is 5.75. The molecule has 1 aromatic carbocycles. The van der Waals surface area contributed by atoms with Crippen LogP contribution in [-0.2, 0) is 4.79 Å². The van der Waals surface area contributed by atoms with Crippen LogP contribution in [0.25, 0.3) is 6.08 Å². The predicted molar refractivity (Wildman–Crippen MR) is 59.5 cm³/mol. The van der Waals surface area contributed by atoms with Gasteiger partial charge in [-0.25, -0.2) is 4.39 Å². The monoisotopic (exact) mass is 221 g/mol. The highest BCUT2D eigenvalue weighted by Crippen LogP contribution is 2.10. The van der Waals surface area contributed by atoms with E-state index in [1.54, 1.807) is 12.2 Å². The Morgan fingerprint density at radius 3 is 2.81 bits per heavy atom. The highest BCUT2D eigenvalue weighted by Gasteiger charge is 1.99. The number of benzene rings is 1. The molecule has 0 unspecified atom stereocenters. The second kappa shape index (κ2) is 5.80. The number of hydrogen-bond acceptors (Lipinski definition) is 2. The van der Waals surface area contributed by atoms with E-state index in [-0.39, 0.29) is 5.91 Å². The van der Waals surface area contributed by atoms with E-state index in [0.717, 1.165) is 0 Å². The summed E-state index contributed by atoms with van der Waals surface area (Å²) in [5.74, 6) is -0.593. The number of aldehydes is 1. The van der Waals surface area contributed by atoms with Crippen molar-refractivity contribution in [3.05, 3.63) is 41.2 Å². The van der Waals surface area contributed by atoms with Crippen LogP contribution < -0.4 is 5.32 Å². The first kappa shape index (κ1) is 12.1. The molecule has 0 saturated carbocycles. The zero-order valence-corrected chi connectivity index (χ0v) is 8.87. The van der Waals surface area contributed by atoms with Crippen LogP contribution in [-0.4, -0.2) is 18.7 Å². The van der Waals surface area contributed by atoms with Crippen LogP contribution in [0.1, 0.15) is 22.8 Å². The minimum absolute atomic E-state index is 0.138. The molecule has 0 aliphatic carbocycles. The van der Waals surface area contributed by atoms with Crippen molar-refractivity contribution in [2.24, 2.45) is 0 Å². The molecule has 0 aromatic heterocycles. The van der Waals surface area contributed by atoms with Gasteiger partial charge in [-0.3, -0.25) is 9.59 Å². The van der Waals surface area contributed by atoms with Crippen molar-refractivity contribution in [1.29, 1.82) is 0 Å². The Bertz CT molecular complexity index is 427.